The van der Waals surface area contributed by atoms with E-state index in [2.05, 4.69) is 15.2 Å². The third-order valence-electron chi connectivity index (χ3n) is 5.08. The van der Waals surface area contributed by atoms with Gasteiger partial charge in [0.1, 0.15) is 16.6 Å². The number of aromatic nitrogens is 1. The number of nitrogens with one attached hydrogen (secondary N) is 1. The highest BCUT2D eigenvalue weighted by Gasteiger charge is 2.24. The summed E-state index contributed by atoms with van der Waals surface area (Å²) in [6.07, 6.45) is 2.49. The van der Waals surface area contributed by atoms with Crippen molar-refractivity contribution in [2.45, 2.75) is 29.7 Å². The molecule has 1 aliphatic rings. The van der Waals surface area contributed by atoms with Gasteiger partial charge in [0.15, 0.2) is 9.84 Å². The normalized spacial score (nSPS) is 17.3. The van der Waals surface area contributed by atoms with E-state index in [1.54, 1.807) is 35.8 Å². The second-order valence-electron chi connectivity index (χ2n) is 7.28. The Morgan fingerprint density at radius 1 is 1.27 bits per heavy atom. The maximum Gasteiger partial charge on any atom is 0.184 e. The third-order valence-corrected chi connectivity index (χ3v) is 7.98. The number of likely N-dealkylation sites (tertiary alicyclic amines) is 1. The van der Waals surface area contributed by atoms with Gasteiger partial charge in [-0.1, -0.05) is 29.8 Å². The molecule has 1 aliphatic heterocycles. The monoisotopic (exact) mass is 465 g/mol. The van der Waals surface area contributed by atoms with Crippen LogP contribution in [-0.2, 0) is 22.1 Å². The Kier molecular flexibility index (Phi) is 6.38. The van der Waals surface area contributed by atoms with Gasteiger partial charge in [0.05, 0.1) is 15.6 Å². The first-order chi connectivity index (χ1) is 14.4. The number of hydrogen-bond donors (Lipinski definition) is 1. The maximum atomic E-state index is 13.9. The Hall–Kier alpha value is -2.00. The van der Waals surface area contributed by atoms with Gasteiger partial charge in [-0.05, 0) is 30.7 Å². The number of rotatable bonds is 7. The third kappa shape index (κ3) is 5.00. The van der Waals surface area contributed by atoms with Crippen LogP contribution in [0.5, 0.6) is 0 Å². The van der Waals surface area contributed by atoms with Crippen molar-refractivity contribution in [2.24, 2.45) is 0 Å². The molecule has 0 spiro atoms. The second-order valence-corrected chi connectivity index (χ2v) is 10.7. The number of hydrogen-bond acceptors (Lipinski definition) is 6. The molecule has 5 nitrogen and oxygen atoms in total. The van der Waals surface area contributed by atoms with Crippen LogP contribution in [0.1, 0.15) is 17.0 Å². The summed E-state index contributed by atoms with van der Waals surface area (Å²) < 4.78 is 39.1. The molecule has 158 valence electrons. The van der Waals surface area contributed by atoms with Crippen LogP contribution in [0, 0.1) is 5.82 Å². The average Bonchev–Trinajstić information content (AvgIpc) is 3.37. The van der Waals surface area contributed by atoms with E-state index in [1.165, 1.54) is 23.5 Å². The Balaban J connectivity index is 1.39. The first-order valence-corrected chi connectivity index (χ1v) is 12.4. The first-order valence-electron chi connectivity index (χ1n) is 9.54. The van der Waals surface area contributed by atoms with Crippen LogP contribution in [0.25, 0.3) is 0 Å². The van der Waals surface area contributed by atoms with E-state index in [9.17, 15) is 12.8 Å². The predicted molar refractivity (Wildman–Crippen MR) is 118 cm³/mol. The van der Waals surface area contributed by atoms with Crippen molar-refractivity contribution in [2.75, 3.05) is 18.4 Å². The predicted octanol–water partition coefficient (Wildman–Crippen LogP) is 4.60. The smallest absolute Gasteiger partial charge is 0.184 e. The minimum absolute atomic E-state index is 0.137. The SMILES string of the molecule is O=S(=O)(Cc1nccs1)c1ccc(N[C@@H]2CCN(Cc3ccccc3F)C2)c(Cl)c1. The molecule has 9 heteroatoms. The molecule has 0 aliphatic carbocycles. The summed E-state index contributed by atoms with van der Waals surface area (Å²) in [7, 11) is -3.51. The Bertz CT molecular complexity index is 1120. The van der Waals surface area contributed by atoms with Crippen molar-refractivity contribution in [3.05, 3.63) is 75.5 Å². The summed E-state index contributed by atoms with van der Waals surface area (Å²) in [5, 5.41) is 6.06. The minimum atomic E-state index is -3.51. The lowest BCUT2D eigenvalue weighted by atomic mass is 10.2. The van der Waals surface area contributed by atoms with E-state index in [-0.39, 0.29) is 22.5 Å². The first kappa shape index (κ1) is 21.2. The van der Waals surface area contributed by atoms with E-state index in [0.29, 0.717) is 27.8 Å². The summed E-state index contributed by atoms with van der Waals surface area (Å²) in [5.41, 5.74) is 1.38. The number of nitrogens with zero attached hydrogens (tertiary/aromatic N) is 2. The fourth-order valence-corrected chi connectivity index (χ4v) is 6.14. The number of anilines is 1. The van der Waals surface area contributed by atoms with Gasteiger partial charge < -0.3 is 5.32 Å². The minimum Gasteiger partial charge on any atom is -0.380 e. The average molecular weight is 466 g/mol. The topological polar surface area (TPSA) is 62.3 Å². The molecule has 2 aromatic carbocycles. The summed E-state index contributed by atoms with van der Waals surface area (Å²) in [6, 6.07) is 11.7. The molecule has 1 saturated heterocycles. The zero-order valence-corrected chi connectivity index (χ0v) is 18.5. The molecule has 3 aromatic rings. The molecule has 4 rings (SSSR count). The molecule has 0 unspecified atom stereocenters. The van der Waals surface area contributed by atoms with Crippen molar-refractivity contribution in [3.63, 3.8) is 0 Å². The zero-order valence-electron chi connectivity index (χ0n) is 16.1. The van der Waals surface area contributed by atoms with Crippen LogP contribution in [0.3, 0.4) is 0 Å². The molecular weight excluding hydrogens is 445 g/mol. The molecule has 0 saturated carbocycles. The fourth-order valence-electron chi connectivity index (χ4n) is 3.56. The standard InChI is InChI=1S/C21H21ClFN3O2S2/c22-18-11-17(30(27,28)14-21-24-8-10-29-21)5-6-20(18)25-16-7-9-26(13-16)12-15-3-1-2-4-19(15)23/h1-6,8,10-11,16,25H,7,9,12-14H2/t16-/m1/s1. The summed E-state index contributed by atoms with van der Waals surface area (Å²) in [5.74, 6) is -0.326. The lowest BCUT2D eigenvalue weighted by molar-refractivity contribution is 0.323. The highest BCUT2D eigenvalue weighted by molar-refractivity contribution is 7.90. The van der Waals surface area contributed by atoms with Gasteiger partial charge in [-0.2, -0.15) is 0 Å². The van der Waals surface area contributed by atoms with Crippen LogP contribution in [-0.4, -0.2) is 37.4 Å². The number of sulfone groups is 1. The highest BCUT2D eigenvalue weighted by Crippen LogP contribution is 2.29. The van der Waals surface area contributed by atoms with Crippen LogP contribution in [0.4, 0.5) is 10.1 Å². The van der Waals surface area contributed by atoms with Crippen LogP contribution in [0.15, 0.2) is 58.9 Å². The van der Waals surface area contributed by atoms with Crippen molar-refractivity contribution in [3.8, 4) is 0 Å². The van der Waals surface area contributed by atoms with E-state index in [4.69, 9.17) is 11.6 Å². The molecule has 1 fully saturated rings. The molecule has 0 amide bonds. The number of benzene rings is 2. The van der Waals surface area contributed by atoms with Crippen LogP contribution < -0.4 is 5.32 Å². The quantitative estimate of drug-likeness (QED) is 0.552. The summed E-state index contributed by atoms with van der Waals surface area (Å²) >= 11 is 7.69. The molecule has 0 bridgehead atoms. The number of halogens is 2. The zero-order chi connectivity index (χ0) is 21.1. The summed E-state index contributed by atoms with van der Waals surface area (Å²) in [4.78, 5) is 6.42. The Labute approximate surface area is 184 Å². The molecule has 0 radical (unpaired) electrons. The molecule has 2 heterocycles. The lowest BCUT2D eigenvalue weighted by Gasteiger charge is -2.18. The largest absolute Gasteiger partial charge is 0.380 e. The van der Waals surface area contributed by atoms with Crippen LogP contribution >= 0.6 is 22.9 Å². The second kappa shape index (κ2) is 9.01. The van der Waals surface area contributed by atoms with Gasteiger partial charge in [0, 0.05) is 42.8 Å². The van der Waals surface area contributed by atoms with Crippen molar-refractivity contribution < 1.29 is 12.8 Å². The van der Waals surface area contributed by atoms with E-state index in [0.717, 1.165) is 19.5 Å². The molecular formula is C21H21ClFN3O2S2. The highest BCUT2D eigenvalue weighted by atomic mass is 35.5. The van der Waals surface area contributed by atoms with Gasteiger partial charge in [-0.15, -0.1) is 11.3 Å². The molecule has 1 N–H and O–H groups in total. The van der Waals surface area contributed by atoms with Gasteiger partial charge in [-0.3, -0.25) is 4.90 Å². The van der Waals surface area contributed by atoms with E-state index in [1.807, 2.05) is 6.07 Å². The lowest BCUT2D eigenvalue weighted by Crippen LogP contribution is -2.26. The van der Waals surface area contributed by atoms with Gasteiger partial charge in [-0.25, -0.2) is 17.8 Å². The van der Waals surface area contributed by atoms with E-state index < -0.39 is 9.84 Å². The Morgan fingerprint density at radius 2 is 2.10 bits per heavy atom. The molecule has 1 aromatic heterocycles. The van der Waals surface area contributed by atoms with Crippen molar-refractivity contribution in [1.29, 1.82) is 0 Å². The van der Waals surface area contributed by atoms with E-state index >= 15 is 0 Å². The molecule has 1 atom stereocenters. The van der Waals surface area contributed by atoms with Gasteiger partial charge in [0.25, 0.3) is 0 Å². The fraction of sp³-hybridized carbons (Fsp3) is 0.286. The number of thiazole rings is 1. The van der Waals surface area contributed by atoms with Crippen molar-refractivity contribution in [1.82, 2.24) is 9.88 Å². The van der Waals surface area contributed by atoms with Crippen LogP contribution in [0.2, 0.25) is 5.02 Å². The van der Waals surface area contributed by atoms with Gasteiger partial charge >= 0.3 is 0 Å². The Morgan fingerprint density at radius 3 is 2.83 bits per heavy atom. The summed E-state index contributed by atoms with van der Waals surface area (Å²) in [6.45, 7) is 2.17. The maximum absolute atomic E-state index is 13.9. The van der Waals surface area contributed by atoms with Crippen molar-refractivity contribution >= 4 is 38.5 Å². The molecule has 30 heavy (non-hydrogen) atoms. The van der Waals surface area contributed by atoms with Gasteiger partial charge in [0.2, 0.25) is 0 Å².